The molecule has 3 rings (SSSR count). The van der Waals surface area contributed by atoms with Gasteiger partial charge in [-0.3, -0.25) is 4.79 Å². The van der Waals surface area contributed by atoms with Gasteiger partial charge >= 0.3 is 0 Å². The number of hydrogen-bond acceptors (Lipinski definition) is 3. The molecule has 0 saturated carbocycles. The average Bonchev–Trinajstić information content (AvgIpc) is 2.91. The van der Waals surface area contributed by atoms with E-state index >= 15 is 0 Å². The van der Waals surface area contributed by atoms with Crippen LogP contribution < -0.4 is 0 Å². The summed E-state index contributed by atoms with van der Waals surface area (Å²) in [7, 11) is 0. The first-order valence-electron chi connectivity index (χ1n) is 6.68. The van der Waals surface area contributed by atoms with Gasteiger partial charge in [0.15, 0.2) is 5.78 Å². The first kappa shape index (κ1) is 12.5. The maximum absolute atomic E-state index is 11.6. The summed E-state index contributed by atoms with van der Waals surface area (Å²) in [5.74, 6) is 0.169. The minimum atomic E-state index is 0.169. The van der Waals surface area contributed by atoms with Gasteiger partial charge in [-0.25, -0.2) is 4.68 Å². The molecule has 0 fully saturated rings. The zero-order valence-electron chi connectivity index (χ0n) is 11.3. The molecule has 4 nitrogen and oxygen atoms in total. The van der Waals surface area contributed by atoms with Gasteiger partial charge in [0, 0.05) is 12.0 Å². The monoisotopic (exact) mass is 265 g/mol. The summed E-state index contributed by atoms with van der Waals surface area (Å²) in [4.78, 5) is 11.6. The highest BCUT2D eigenvalue weighted by Gasteiger charge is 2.06. The van der Waals surface area contributed by atoms with Crippen LogP contribution in [0, 0.1) is 0 Å². The molecule has 0 atom stereocenters. The third-order valence-corrected chi connectivity index (χ3v) is 3.35. The Morgan fingerprint density at radius 1 is 1.10 bits per heavy atom. The van der Waals surface area contributed by atoms with Gasteiger partial charge in [0.1, 0.15) is 5.52 Å². The van der Waals surface area contributed by atoms with Gasteiger partial charge in [0.05, 0.1) is 12.1 Å². The first-order valence-corrected chi connectivity index (χ1v) is 6.68. The molecule has 0 amide bonds. The van der Waals surface area contributed by atoms with Crippen molar-refractivity contribution >= 4 is 16.8 Å². The van der Waals surface area contributed by atoms with Crippen molar-refractivity contribution in [3.63, 3.8) is 0 Å². The van der Waals surface area contributed by atoms with E-state index in [1.807, 2.05) is 60.1 Å². The van der Waals surface area contributed by atoms with Crippen LogP contribution in [0.25, 0.3) is 11.0 Å². The average molecular weight is 265 g/mol. The van der Waals surface area contributed by atoms with Crippen molar-refractivity contribution in [3.05, 3.63) is 59.7 Å². The predicted molar refractivity (Wildman–Crippen MR) is 77.7 cm³/mol. The fraction of sp³-hybridized carbons (Fsp3) is 0.188. The van der Waals surface area contributed by atoms with Gasteiger partial charge in [0.25, 0.3) is 0 Å². The van der Waals surface area contributed by atoms with Crippen LogP contribution in [0.3, 0.4) is 0 Å². The number of aromatic nitrogens is 3. The third kappa shape index (κ3) is 2.32. The molecular formula is C16H15N3O. The molecule has 0 unspecified atom stereocenters. The van der Waals surface area contributed by atoms with Crippen molar-refractivity contribution in [1.29, 1.82) is 0 Å². The fourth-order valence-electron chi connectivity index (χ4n) is 2.21. The molecule has 0 N–H and O–H groups in total. The summed E-state index contributed by atoms with van der Waals surface area (Å²) in [5.41, 5.74) is 3.78. The fourth-order valence-corrected chi connectivity index (χ4v) is 2.21. The lowest BCUT2D eigenvalue weighted by Gasteiger charge is -2.04. The number of carbonyl (C=O) groups excluding carboxylic acids is 1. The number of fused-ring (bicyclic) bond motifs is 1. The second-order valence-electron chi connectivity index (χ2n) is 4.71. The van der Waals surface area contributed by atoms with Gasteiger partial charge in [-0.2, -0.15) is 0 Å². The highest BCUT2D eigenvalue weighted by atomic mass is 16.1. The Labute approximate surface area is 117 Å². The van der Waals surface area contributed by atoms with E-state index < -0.39 is 0 Å². The Balaban J connectivity index is 1.86. The van der Waals surface area contributed by atoms with Gasteiger partial charge in [0.2, 0.25) is 0 Å². The molecule has 3 aromatic rings. The van der Waals surface area contributed by atoms with Gasteiger partial charge in [-0.15, -0.1) is 5.10 Å². The van der Waals surface area contributed by atoms with E-state index in [-0.39, 0.29) is 5.78 Å². The Hall–Kier alpha value is -2.49. The van der Waals surface area contributed by atoms with E-state index in [2.05, 4.69) is 10.3 Å². The summed E-state index contributed by atoms with van der Waals surface area (Å²) < 4.78 is 1.87. The summed E-state index contributed by atoms with van der Waals surface area (Å²) in [6.07, 6.45) is 0.535. The van der Waals surface area contributed by atoms with Crippen molar-refractivity contribution < 1.29 is 4.79 Å². The number of carbonyl (C=O) groups is 1. The maximum atomic E-state index is 11.6. The molecular weight excluding hydrogens is 250 g/mol. The van der Waals surface area contributed by atoms with Crippen LogP contribution in [-0.2, 0) is 6.54 Å². The Morgan fingerprint density at radius 3 is 2.60 bits per heavy atom. The lowest BCUT2D eigenvalue weighted by Crippen LogP contribution is -2.03. The molecule has 0 aliphatic rings. The van der Waals surface area contributed by atoms with Crippen molar-refractivity contribution in [3.8, 4) is 0 Å². The molecule has 0 saturated heterocycles. The standard InChI is InChI=1S/C16H15N3O/c1-2-16(20)13-9-7-12(8-10-13)11-19-15-6-4-3-5-14(15)17-18-19/h3-10H,2,11H2,1H3. The van der Waals surface area contributed by atoms with Gasteiger partial charge in [-0.1, -0.05) is 48.5 Å². The van der Waals surface area contributed by atoms with E-state index in [0.29, 0.717) is 13.0 Å². The molecule has 2 aromatic carbocycles. The summed E-state index contributed by atoms with van der Waals surface area (Å²) in [5, 5.41) is 8.30. The Morgan fingerprint density at radius 2 is 1.85 bits per heavy atom. The van der Waals surface area contributed by atoms with Crippen LogP contribution in [0.15, 0.2) is 48.5 Å². The van der Waals surface area contributed by atoms with Crippen molar-refractivity contribution in [1.82, 2.24) is 15.0 Å². The van der Waals surface area contributed by atoms with Crippen LogP contribution in [0.2, 0.25) is 0 Å². The molecule has 20 heavy (non-hydrogen) atoms. The van der Waals surface area contributed by atoms with E-state index in [9.17, 15) is 4.79 Å². The number of nitrogens with zero attached hydrogens (tertiary/aromatic N) is 3. The van der Waals surface area contributed by atoms with Crippen molar-refractivity contribution in [2.75, 3.05) is 0 Å². The third-order valence-electron chi connectivity index (χ3n) is 3.35. The zero-order valence-corrected chi connectivity index (χ0v) is 11.3. The largest absolute Gasteiger partial charge is 0.294 e. The number of ketones is 1. The predicted octanol–water partition coefficient (Wildman–Crippen LogP) is 3.07. The van der Waals surface area contributed by atoms with Crippen molar-refractivity contribution in [2.24, 2.45) is 0 Å². The summed E-state index contributed by atoms with van der Waals surface area (Å²) in [6.45, 7) is 2.53. The minimum Gasteiger partial charge on any atom is -0.294 e. The maximum Gasteiger partial charge on any atom is 0.162 e. The van der Waals surface area contributed by atoms with Crippen LogP contribution >= 0.6 is 0 Å². The van der Waals surface area contributed by atoms with Crippen LogP contribution in [-0.4, -0.2) is 20.8 Å². The molecule has 4 heteroatoms. The van der Waals surface area contributed by atoms with Crippen LogP contribution in [0.4, 0.5) is 0 Å². The smallest absolute Gasteiger partial charge is 0.162 e. The number of Topliss-reactive ketones (excluding diaryl/α,β-unsaturated/α-hetero) is 1. The minimum absolute atomic E-state index is 0.169. The quantitative estimate of drug-likeness (QED) is 0.681. The Kier molecular flexibility index (Phi) is 3.29. The lowest BCUT2D eigenvalue weighted by molar-refractivity contribution is 0.0988. The Bertz CT molecular complexity index is 744. The summed E-state index contributed by atoms with van der Waals surface area (Å²) in [6, 6.07) is 15.6. The van der Waals surface area contributed by atoms with E-state index in [4.69, 9.17) is 0 Å². The number of para-hydroxylation sites is 1. The molecule has 100 valence electrons. The zero-order chi connectivity index (χ0) is 13.9. The number of hydrogen-bond donors (Lipinski definition) is 0. The second kappa shape index (κ2) is 5.25. The van der Waals surface area contributed by atoms with Crippen LogP contribution in [0.5, 0.6) is 0 Å². The van der Waals surface area contributed by atoms with Gasteiger partial charge < -0.3 is 0 Å². The molecule has 1 heterocycles. The number of rotatable bonds is 4. The van der Waals surface area contributed by atoms with Gasteiger partial charge in [-0.05, 0) is 17.7 Å². The lowest BCUT2D eigenvalue weighted by atomic mass is 10.1. The second-order valence-corrected chi connectivity index (χ2v) is 4.71. The van der Waals surface area contributed by atoms with Crippen molar-refractivity contribution in [2.45, 2.75) is 19.9 Å². The van der Waals surface area contributed by atoms with E-state index in [1.165, 1.54) is 0 Å². The molecule has 0 aliphatic carbocycles. The topological polar surface area (TPSA) is 47.8 Å². The highest BCUT2D eigenvalue weighted by molar-refractivity contribution is 5.95. The first-order chi connectivity index (χ1) is 9.78. The molecule has 0 bridgehead atoms. The van der Waals surface area contributed by atoms with E-state index in [0.717, 1.165) is 22.2 Å². The normalized spacial score (nSPS) is 10.8. The molecule has 0 spiro atoms. The molecule has 0 aliphatic heterocycles. The highest BCUT2D eigenvalue weighted by Crippen LogP contribution is 2.13. The summed E-state index contributed by atoms with van der Waals surface area (Å²) >= 11 is 0. The molecule has 0 radical (unpaired) electrons. The number of benzene rings is 2. The molecule has 1 aromatic heterocycles. The van der Waals surface area contributed by atoms with E-state index in [1.54, 1.807) is 0 Å². The van der Waals surface area contributed by atoms with Crippen LogP contribution in [0.1, 0.15) is 29.3 Å². The SMILES string of the molecule is CCC(=O)c1ccc(Cn2nnc3ccccc32)cc1.